The molecular formula is C29H26F5N5O4. The second-order valence-corrected chi connectivity index (χ2v) is 9.85. The predicted molar refractivity (Wildman–Crippen MR) is 148 cm³/mol. The molecule has 1 unspecified atom stereocenters. The Morgan fingerprint density at radius 1 is 1.12 bits per heavy atom. The third kappa shape index (κ3) is 6.63. The number of hydrogen-bond donors (Lipinski definition) is 3. The van der Waals surface area contributed by atoms with Crippen molar-refractivity contribution in [3.05, 3.63) is 87.6 Å². The summed E-state index contributed by atoms with van der Waals surface area (Å²) >= 11 is 0. The van der Waals surface area contributed by atoms with E-state index in [1.807, 2.05) is 5.32 Å². The molecule has 3 N–H and O–H groups in total. The predicted octanol–water partition coefficient (Wildman–Crippen LogP) is 4.76. The summed E-state index contributed by atoms with van der Waals surface area (Å²) in [6.45, 7) is 2.95. The van der Waals surface area contributed by atoms with Crippen LogP contribution < -0.4 is 16.2 Å². The number of aliphatic carboxylic acids is 1. The lowest BCUT2D eigenvalue weighted by molar-refractivity contribution is -0.143. The Kier molecular flexibility index (Phi) is 8.78. The van der Waals surface area contributed by atoms with Crippen molar-refractivity contribution < 1.29 is 36.6 Å². The van der Waals surface area contributed by atoms with E-state index in [0.717, 1.165) is 0 Å². The number of hydrogen-bond acceptors (Lipinski definition) is 6. The number of carbonyl (C=O) groups excluding carboxylic acids is 1. The number of halogens is 5. The second kappa shape index (κ2) is 12.2. The van der Waals surface area contributed by atoms with E-state index >= 15 is 0 Å². The van der Waals surface area contributed by atoms with E-state index in [4.69, 9.17) is 0 Å². The molecule has 0 aliphatic heterocycles. The van der Waals surface area contributed by atoms with E-state index < -0.39 is 59.4 Å². The summed E-state index contributed by atoms with van der Waals surface area (Å²) in [5.74, 6) is -5.89. The van der Waals surface area contributed by atoms with Gasteiger partial charge in [0.05, 0.1) is 11.2 Å². The fourth-order valence-corrected chi connectivity index (χ4v) is 4.68. The summed E-state index contributed by atoms with van der Waals surface area (Å²) in [7, 11) is 1.57. The van der Waals surface area contributed by atoms with Gasteiger partial charge in [-0.3, -0.25) is 14.6 Å². The first kappa shape index (κ1) is 31.1. The Morgan fingerprint density at radius 3 is 2.40 bits per heavy atom. The molecule has 9 nitrogen and oxygen atoms in total. The van der Waals surface area contributed by atoms with Gasteiger partial charge in [-0.2, -0.15) is 13.2 Å². The molecule has 0 saturated heterocycles. The molecule has 1 amide bonds. The van der Waals surface area contributed by atoms with Crippen LogP contribution in [0.1, 0.15) is 35.0 Å². The number of carbonyl (C=O) groups is 2. The molecule has 2 heterocycles. The van der Waals surface area contributed by atoms with Crippen LogP contribution in [-0.2, 0) is 18.3 Å². The maximum absolute atomic E-state index is 14.8. The number of rotatable bonds is 9. The number of carboxylic acids is 1. The van der Waals surface area contributed by atoms with Crippen LogP contribution in [0.2, 0.25) is 0 Å². The smallest absolute Gasteiger partial charge is 0.408 e. The van der Waals surface area contributed by atoms with E-state index in [1.165, 1.54) is 23.8 Å². The van der Waals surface area contributed by atoms with E-state index in [2.05, 4.69) is 15.3 Å². The van der Waals surface area contributed by atoms with Gasteiger partial charge in [-0.1, -0.05) is 25.1 Å². The topological polar surface area (TPSA) is 126 Å². The maximum Gasteiger partial charge on any atom is 0.408 e. The molecule has 226 valence electrons. The lowest BCUT2D eigenvalue weighted by Crippen LogP contribution is -2.43. The minimum absolute atomic E-state index is 0.130. The number of nitrogens with one attached hydrogen (secondary N) is 2. The number of alkyl halides is 3. The maximum atomic E-state index is 14.8. The average Bonchev–Trinajstić information content (AvgIpc) is 2.92. The quantitative estimate of drug-likeness (QED) is 0.236. The first-order valence-electron chi connectivity index (χ1n) is 13.0. The number of anilines is 1. The molecule has 0 spiro atoms. The van der Waals surface area contributed by atoms with Crippen molar-refractivity contribution in [2.45, 2.75) is 44.9 Å². The van der Waals surface area contributed by atoms with Crippen molar-refractivity contribution in [3.8, 4) is 11.3 Å². The average molecular weight is 604 g/mol. The summed E-state index contributed by atoms with van der Waals surface area (Å²) in [6.07, 6.45) is -2.39. The van der Waals surface area contributed by atoms with Gasteiger partial charge in [0.25, 0.3) is 11.5 Å². The molecule has 2 aromatic carbocycles. The molecule has 4 aromatic rings. The Morgan fingerprint density at radius 2 is 1.79 bits per heavy atom. The number of carboxylic acid groups (broad SMARTS) is 1. The van der Waals surface area contributed by atoms with Crippen molar-refractivity contribution in [2.75, 3.05) is 5.32 Å². The zero-order chi connectivity index (χ0) is 31.6. The van der Waals surface area contributed by atoms with Crippen LogP contribution >= 0.6 is 0 Å². The summed E-state index contributed by atoms with van der Waals surface area (Å²) in [6, 6.07) is 3.63. The first-order chi connectivity index (χ1) is 20.2. The third-order valence-corrected chi connectivity index (χ3v) is 6.75. The largest absolute Gasteiger partial charge is 0.480 e. The van der Waals surface area contributed by atoms with E-state index in [0.29, 0.717) is 39.9 Å². The molecule has 0 aliphatic carbocycles. The van der Waals surface area contributed by atoms with Crippen LogP contribution in [-0.4, -0.2) is 49.8 Å². The Labute approximate surface area is 241 Å². The highest BCUT2D eigenvalue weighted by molar-refractivity contribution is 5.98. The van der Waals surface area contributed by atoms with E-state index in [-0.39, 0.29) is 17.7 Å². The summed E-state index contributed by atoms with van der Waals surface area (Å²) in [5, 5.41) is 14.4. The first-order valence-corrected chi connectivity index (χ1v) is 13.0. The van der Waals surface area contributed by atoms with Gasteiger partial charge in [-0.25, -0.2) is 18.6 Å². The monoisotopic (exact) mass is 603 g/mol. The minimum atomic E-state index is -4.68. The molecule has 4 rings (SSSR count). The fourth-order valence-electron chi connectivity index (χ4n) is 4.68. The number of aryl methyl sites for hydroxylation is 2. The van der Waals surface area contributed by atoms with Gasteiger partial charge < -0.3 is 20.3 Å². The number of fused-ring (bicyclic) bond motifs is 1. The highest BCUT2D eigenvalue weighted by Gasteiger charge is 2.38. The SMILES string of the molecule is CCC(Nc1cc(F)c(C(=O)N[C@@H](Cc2ccc(-c3nc(C)cn(C)c3=O)c3ncccc23)C(=O)O)c(F)c1)C(F)(F)F. The van der Waals surface area contributed by atoms with Crippen LogP contribution in [0.3, 0.4) is 0 Å². The van der Waals surface area contributed by atoms with Gasteiger partial charge in [-0.15, -0.1) is 0 Å². The molecule has 0 saturated carbocycles. The van der Waals surface area contributed by atoms with Gasteiger partial charge in [0, 0.05) is 42.5 Å². The minimum Gasteiger partial charge on any atom is -0.480 e. The molecule has 0 fully saturated rings. The lowest BCUT2D eigenvalue weighted by Gasteiger charge is -2.22. The number of benzene rings is 2. The van der Waals surface area contributed by atoms with Crippen molar-refractivity contribution in [2.24, 2.45) is 7.05 Å². The summed E-state index contributed by atoms with van der Waals surface area (Å²) < 4.78 is 70.2. The van der Waals surface area contributed by atoms with Gasteiger partial charge in [0.15, 0.2) is 0 Å². The third-order valence-electron chi connectivity index (χ3n) is 6.75. The Hall–Kier alpha value is -4.88. The van der Waals surface area contributed by atoms with Crippen LogP contribution in [0.25, 0.3) is 22.2 Å². The summed E-state index contributed by atoms with van der Waals surface area (Å²) in [4.78, 5) is 46.4. The van der Waals surface area contributed by atoms with Crippen LogP contribution in [0.15, 0.2) is 53.6 Å². The molecular weight excluding hydrogens is 577 g/mol. The lowest BCUT2D eigenvalue weighted by atomic mass is 9.97. The standard InChI is InChI=1S/C29H26F5N5O4/c1-4-22(29(32,33)34)37-16-11-19(30)23(20(31)12-16)26(40)38-21(28(42)43)10-15-7-8-18(24-17(15)6-5-9-35-24)25-27(41)39(3)13-14(2)36-25/h5-9,11-13,21-22,37H,4,10H2,1-3H3,(H,38,40)(H,42,43)/t21-,22?/m0/s1. The molecule has 43 heavy (non-hydrogen) atoms. The van der Waals surface area contributed by atoms with Crippen molar-refractivity contribution in [1.29, 1.82) is 0 Å². The molecule has 2 atom stereocenters. The number of aromatic nitrogens is 3. The zero-order valence-corrected chi connectivity index (χ0v) is 23.1. The van der Waals surface area contributed by atoms with Gasteiger partial charge >= 0.3 is 12.1 Å². The van der Waals surface area contributed by atoms with E-state index in [9.17, 15) is 41.4 Å². The van der Waals surface area contributed by atoms with Crippen molar-refractivity contribution in [3.63, 3.8) is 0 Å². The number of nitrogens with zero attached hydrogens (tertiary/aromatic N) is 3. The van der Waals surface area contributed by atoms with Crippen molar-refractivity contribution in [1.82, 2.24) is 19.9 Å². The Bertz CT molecular complexity index is 1750. The number of amides is 1. The van der Waals surface area contributed by atoms with Crippen LogP contribution in [0.4, 0.5) is 27.6 Å². The highest BCUT2D eigenvalue weighted by atomic mass is 19.4. The summed E-state index contributed by atoms with van der Waals surface area (Å²) in [5.41, 5.74) is -0.235. The van der Waals surface area contributed by atoms with Crippen LogP contribution in [0.5, 0.6) is 0 Å². The normalized spacial score (nSPS) is 13.0. The van der Waals surface area contributed by atoms with Gasteiger partial charge in [-0.05, 0) is 37.1 Å². The fraction of sp³-hybridized carbons (Fsp3) is 0.276. The van der Waals surface area contributed by atoms with E-state index in [1.54, 1.807) is 38.4 Å². The molecule has 2 aromatic heterocycles. The second-order valence-electron chi connectivity index (χ2n) is 9.85. The van der Waals surface area contributed by atoms with Crippen LogP contribution in [0, 0.1) is 18.6 Å². The molecule has 14 heteroatoms. The zero-order valence-electron chi connectivity index (χ0n) is 23.1. The molecule has 0 aliphatic rings. The van der Waals surface area contributed by atoms with Gasteiger partial charge in [0.2, 0.25) is 0 Å². The molecule has 0 radical (unpaired) electrons. The number of pyridine rings is 1. The highest BCUT2D eigenvalue weighted by Crippen LogP contribution is 2.29. The molecule has 0 bridgehead atoms. The Balaban J connectivity index is 1.64. The van der Waals surface area contributed by atoms with Crippen molar-refractivity contribution >= 4 is 28.5 Å². The van der Waals surface area contributed by atoms with Gasteiger partial charge in [0.1, 0.15) is 35.0 Å².